The summed E-state index contributed by atoms with van der Waals surface area (Å²) in [5, 5.41) is 15.3. The summed E-state index contributed by atoms with van der Waals surface area (Å²) >= 11 is 0. The fourth-order valence-corrected chi connectivity index (χ4v) is 4.27. The minimum absolute atomic E-state index is 0.0786. The van der Waals surface area contributed by atoms with E-state index < -0.39 is 29.9 Å². The number of hydrogen-bond donors (Lipinski definition) is 3. The topological polar surface area (TPSA) is 137 Å². The number of hydrogen-bond acceptors (Lipinski definition) is 7. The first-order chi connectivity index (χ1) is 19.2. The Morgan fingerprint density at radius 2 is 1.95 bits per heavy atom. The van der Waals surface area contributed by atoms with Crippen LogP contribution in [-0.2, 0) is 0 Å². The molecule has 0 radical (unpaired) electrons. The van der Waals surface area contributed by atoms with Gasteiger partial charge in [0.2, 0.25) is 0 Å². The lowest BCUT2D eigenvalue weighted by Crippen LogP contribution is -2.50. The van der Waals surface area contributed by atoms with Crippen LogP contribution in [-0.4, -0.2) is 81.6 Å². The van der Waals surface area contributed by atoms with Crippen molar-refractivity contribution in [3.63, 3.8) is 0 Å². The molecule has 12 heteroatoms. The highest BCUT2D eigenvalue weighted by atomic mass is 19.1. The third-order valence-corrected chi connectivity index (χ3v) is 6.63. The van der Waals surface area contributed by atoms with Gasteiger partial charge in [-0.05, 0) is 43.3 Å². The fraction of sp³-hybridized carbons (Fsp3) is 0.321. The molecule has 0 unspecified atom stereocenters. The second-order valence-electron chi connectivity index (χ2n) is 9.67. The van der Waals surface area contributed by atoms with Crippen LogP contribution >= 0.6 is 0 Å². The van der Waals surface area contributed by atoms with Crippen molar-refractivity contribution in [2.24, 2.45) is 5.92 Å². The number of ether oxygens (including phenoxy) is 1. The molecule has 0 bridgehead atoms. The van der Waals surface area contributed by atoms with Gasteiger partial charge in [-0.25, -0.2) is 14.2 Å². The molecular weight excluding hydrogens is 519 g/mol. The minimum Gasteiger partial charge on any atom is -0.485 e. The number of aliphatic hydroxyl groups is 1. The molecule has 2 heterocycles. The lowest BCUT2D eigenvalue weighted by molar-refractivity contribution is 0.0372. The molecule has 0 saturated heterocycles. The van der Waals surface area contributed by atoms with Crippen LogP contribution in [0.15, 0.2) is 61.1 Å². The van der Waals surface area contributed by atoms with E-state index in [1.165, 1.54) is 47.8 Å². The Balaban J connectivity index is 1.64. The minimum atomic E-state index is -0.612. The molecule has 210 valence electrons. The maximum absolute atomic E-state index is 13.6. The van der Waals surface area contributed by atoms with E-state index >= 15 is 0 Å². The predicted molar refractivity (Wildman–Crippen MR) is 146 cm³/mol. The zero-order valence-electron chi connectivity index (χ0n) is 22.4. The average molecular weight is 551 g/mol. The second-order valence-corrected chi connectivity index (χ2v) is 9.67. The summed E-state index contributed by atoms with van der Waals surface area (Å²) in [4.78, 5) is 50.3. The Bertz CT molecular complexity index is 1360. The number of nitrogens with zero attached hydrogens (tertiary/aromatic N) is 4. The Hall–Kier alpha value is -4.58. The first-order valence-electron chi connectivity index (χ1n) is 12.7. The van der Waals surface area contributed by atoms with Crippen molar-refractivity contribution in [1.82, 2.24) is 19.8 Å². The maximum Gasteiger partial charge on any atom is 0.321 e. The predicted octanol–water partition coefficient (Wildman–Crippen LogP) is 3.25. The third kappa shape index (κ3) is 6.52. The van der Waals surface area contributed by atoms with E-state index in [0.717, 1.165) is 0 Å². The quantitative estimate of drug-likeness (QED) is 0.411. The van der Waals surface area contributed by atoms with Crippen molar-refractivity contribution in [3.8, 4) is 5.75 Å². The first kappa shape index (κ1) is 28.4. The van der Waals surface area contributed by atoms with Gasteiger partial charge in [-0.1, -0.05) is 13.0 Å². The molecule has 0 aliphatic carbocycles. The molecule has 0 fully saturated rings. The Kier molecular flexibility index (Phi) is 8.90. The number of anilines is 2. The number of carbonyl (C=O) groups excluding carboxylic acids is 3. The van der Waals surface area contributed by atoms with E-state index in [-0.39, 0.29) is 54.2 Å². The van der Waals surface area contributed by atoms with Gasteiger partial charge in [-0.2, -0.15) is 0 Å². The normalized spacial score (nSPS) is 17.5. The van der Waals surface area contributed by atoms with Gasteiger partial charge in [-0.15, -0.1) is 0 Å². The highest BCUT2D eigenvalue weighted by Crippen LogP contribution is 2.35. The van der Waals surface area contributed by atoms with Gasteiger partial charge in [0.25, 0.3) is 11.8 Å². The van der Waals surface area contributed by atoms with Gasteiger partial charge in [0.15, 0.2) is 5.75 Å². The summed E-state index contributed by atoms with van der Waals surface area (Å²) in [7, 11) is 1.59. The summed E-state index contributed by atoms with van der Waals surface area (Å²) < 4.78 is 19.7. The lowest BCUT2D eigenvalue weighted by atomic mass is 9.99. The van der Waals surface area contributed by atoms with Crippen molar-refractivity contribution < 1.29 is 28.6 Å². The molecule has 40 heavy (non-hydrogen) atoms. The number of likely N-dealkylation sites (N-methyl/N-ethyl adjacent to an activating group) is 1. The number of halogens is 1. The molecule has 2 aromatic carbocycles. The Morgan fingerprint density at radius 1 is 1.20 bits per heavy atom. The van der Waals surface area contributed by atoms with Crippen molar-refractivity contribution in [3.05, 3.63) is 78.1 Å². The highest BCUT2D eigenvalue weighted by Gasteiger charge is 2.35. The number of aromatic nitrogens is 2. The molecule has 1 aromatic heterocycles. The van der Waals surface area contributed by atoms with Crippen LogP contribution in [0.4, 0.5) is 20.6 Å². The largest absolute Gasteiger partial charge is 0.485 e. The van der Waals surface area contributed by atoms with E-state index in [4.69, 9.17) is 4.74 Å². The SMILES string of the molecule is C[C@H](CO)N1C[C@H](C)[C@H](CN(C)C(=O)Nc2ccc(F)cc2)Oc2c(NC(=O)c3cnccn3)cccc2C1=O. The van der Waals surface area contributed by atoms with Gasteiger partial charge < -0.3 is 30.3 Å². The molecule has 11 nitrogen and oxygen atoms in total. The van der Waals surface area contributed by atoms with Crippen LogP contribution in [0.1, 0.15) is 34.7 Å². The number of benzene rings is 2. The number of aliphatic hydroxyl groups excluding tert-OH is 1. The first-order valence-corrected chi connectivity index (χ1v) is 12.7. The maximum atomic E-state index is 13.6. The number of para-hydroxylation sites is 1. The van der Waals surface area contributed by atoms with E-state index in [2.05, 4.69) is 20.6 Å². The van der Waals surface area contributed by atoms with Crippen molar-refractivity contribution in [1.29, 1.82) is 0 Å². The smallest absolute Gasteiger partial charge is 0.321 e. The summed E-state index contributed by atoms with van der Waals surface area (Å²) in [6.07, 6.45) is 3.54. The van der Waals surface area contributed by atoms with Crippen molar-refractivity contribution >= 4 is 29.2 Å². The number of nitrogens with one attached hydrogen (secondary N) is 2. The number of rotatable bonds is 7. The molecular formula is C28H31FN6O5. The van der Waals surface area contributed by atoms with Crippen LogP contribution in [0, 0.1) is 11.7 Å². The number of fused-ring (bicyclic) bond motifs is 1. The molecule has 4 rings (SSSR count). The molecule has 4 amide bonds. The van der Waals surface area contributed by atoms with Crippen LogP contribution in [0.3, 0.4) is 0 Å². The molecule has 3 aromatic rings. The molecule has 3 atom stereocenters. The number of urea groups is 1. The Morgan fingerprint density at radius 3 is 2.62 bits per heavy atom. The zero-order chi connectivity index (χ0) is 28.8. The highest BCUT2D eigenvalue weighted by molar-refractivity contribution is 6.06. The van der Waals surface area contributed by atoms with E-state index in [0.29, 0.717) is 5.69 Å². The summed E-state index contributed by atoms with van der Waals surface area (Å²) in [6.45, 7) is 3.75. The molecule has 3 N–H and O–H groups in total. The van der Waals surface area contributed by atoms with Crippen LogP contribution in [0.2, 0.25) is 0 Å². The standard InChI is InChI=1S/C28H31FN6O5/c1-17-14-35(18(2)16-36)27(38)21-5-4-6-22(33-26(37)23-13-30-11-12-31-23)25(21)40-24(17)15-34(3)28(39)32-20-9-7-19(29)8-10-20/h4-13,17-18,24,36H,14-16H2,1-3H3,(H,32,39)(H,33,37)/t17-,18+,24-/m0/s1. The number of carbonyl (C=O) groups is 3. The molecule has 1 aliphatic rings. The van der Waals surface area contributed by atoms with Gasteiger partial charge >= 0.3 is 6.03 Å². The van der Waals surface area contributed by atoms with E-state index in [1.54, 1.807) is 37.1 Å². The molecule has 0 saturated carbocycles. The third-order valence-electron chi connectivity index (χ3n) is 6.63. The van der Waals surface area contributed by atoms with Crippen molar-refractivity contribution in [2.45, 2.75) is 26.0 Å². The monoisotopic (exact) mass is 550 g/mol. The van der Waals surface area contributed by atoms with Crippen LogP contribution in [0.5, 0.6) is 5.75 Å². The lowest BCUT2D eigenvalue weighted by Gasteiger charge is -2.38. The molecule has 0 spiro atoms. The summed E-state index contributed by atoms with van der Waals surface area (Å²) in [5.74, 6) is -1.46. The molecule has 1 aliphatic heterocycles. The van der Waals surface area contributed by atoms with E-state index in [9.17, 15) is 23.9 Å². The van der Waals surface area contributed by atoms with Crippen molar-refractivity contribution in [2.75, 3.05) is 37.4 Å². The number of amides is 4. The van der Waals surface area contributed by atoms with Crippen LogP contribution in [0.25, 0.3) is 0 Å². The second kappa shape index (κ2) is 12.5. The summed E-state index contributed by atoms with van der Waals surface area (Å²) in [6, 6.07) is 9.30. The Labute approximate surface area is 231 Å². The van der Waals surface area contributed by atoms with Gasteiger partial charge in [0, 0.05) is 37.6 Å². The van der Waals surface area contributed by atoms with Gasteiger partial charge in [0.05, 0.1) is 36.6 Å². The average Bonchev–Trinajstić information content (AvgIpc) is 2.96. The zero-order valence-corrected chi connectivity index (χ0v) is 22.4. The van der Waals surface area contributed by atoms with Gasteiger partial charge in [-0.3, -0.25) is 14.6 Å². The van der Waals surface area contributed by atoms with Crippen LogP contribution < -0.4 is 15.4 Å². The van der Waals surface area contributed by atoms with E-state index in [1.807, 2.05) is 6.92 Å². The summed E-state index contributed by atoms with van der Waals surface area (Å²) in [5.41, 5.74) is 0.955. The fourth-order valence-electron chi connectivity index (χ4n) is 4.27. The van der Waals surface area contributed by atoms with Gasteiger partial charge in [0.1, 0.15) is 17.6 Å².